The smallest absolute Gasteiger partial charge is 0.161 e. The number of hydrogen-bond acceptors (Lipinski definition) is 7. The van der Waals surface area contributed by atoms with Crippen molar-refractivity contribution in [2.75, 3.05) is 39.6 Å². The minimum Gasteiger partial charge on any atom is -0.490 e. The van der Waals surface area contributed by atoms with E-state index in [0.29, 0.717) is 39.6 Å². The summed E-state index contributed by atoms with van der Waals surface area (Å²) in [5.74, 6) is 4.79. The SMILES string of the molecule is CCCCCCOc1ccc(/C=C/c2ccc(C(O)(c3ccc(/C=C/c4ccc(OCCCCCC)c(OCCCCCC)c4)cc3)c3ccc(/C=C/c4ccc(OCCCCCC)c(OCCCCCC)c4)cc3)cc2)cc1OCCCCCC. The summed E-state index contributed by atoms with van der Waals surface area (Å²) in [5.41, 5.74) is 7.00. The molecule has 0 amide bonds. The zero-order valence-electron chi connectivity index (χ0n) is 53.7. The van der Waals surface area contributed by atoms with E-state index in [1.807, 2.05) is 54.6 Å². The van der Waals surface area contributed by atoms with Gasteiger partial charge in [-0.1, -0.05) is 285 Å². The maximum atomic E-state index is 13.3. The quantitative estimate of drug-likeness (QED) is 0.0232. The summed E-state index contributed by atoms with van der Waals surface area (Å²) in [7, 11) is 0. The van der Waals surface area contributed by atoms with Crippen molar-refractivity contribution in [2.45, 2.75) is 201 Å². The molecule has 0 atom stereocenters. The van der Waals surface area contributed by atoms with E-state index in [1.165, 1.54) is 96.3 Å². The zero-order valence-corrected chi connectivity index (χ0v) is 53.7. The number of aliphatic hydroxyl groups is 1. The fourth-order valence-electron chi connectivity index (χ4n) is 10.4. The number of rotatable bonds is 45. The van der Waals surface area contributed by atoms with Crippen molar-refractivity contribution in [1.82, 2.24) is 0 Å². The highest BCUT2D eigenvalue weighted by atomic mass is 16.5. The molecule has 0 aromatic heterocycles. The van der Waals surface area contributed by atoms with Crippen molar-refractivity contribution in [2.24, 2.45) is 0 Å². The molecule has 86 heavy (non-hydrogen) atoms. The molecule has 7 nitrogen and oxygen atoms in total. The Hall–Kier alpha value is -6.70. The third-order valence-electron chi connectivity index (χ3n) is 15.8. The lowest BCUT2D eigenvalue weighted by Crippen LogP contribution is -2.28. The van der Waals surface area contributed by atoms with Crippen LogP contribution in [0.2, 0.25) is 0 Å². The molecule has 0 heterocycles. The molecule has 1 N–H and O–H groups in total. The van der Waals surface area contributed by atoms with Gasteiger partial charge in [0.15, 0.2) is 34.5 Å². The van der Waals surface area contributed by atoms with E-state index in [1.54, 1.807) is 0 Å². The second-order valence-electron chi connectivity index (χ2n) is 23.1. The Bertz CT molecular complexity index is 2550. The molecule has 0 saturated heterocycles. The van der Waals surface area contributed by atoms with E-state index in [4.69, 9.17) is 28.4 Å². The molecule has 6 aromatic rings. The van der Waals surface area contributed by atoms with Crippen molar-refractivity contribution >= 4 is 36.5 Å². The monoisotopic (exact) mass is 1170 g/mol. The Morgan fingerprint density at radius 3 is 0.663 bits per heavy atom. The Labute approximate surface area is 520 Å². The highest BCUT2D eigenvalue weighted by Gasteiger charge is 2.34. The van der Waals surface area contributed by atoms with Crippen molar-refractivity contribution in [3.63, 3.8) is 0 Å². The third-order valence-corrected chi connectivity index (χ3v) is 15.8. The van der Waals surface area contributed by atoms with Gasteiger partial charge in [0.05, 0.1) is 39.6 Å². The predicted molar refractivity (Wildman–Crippen MR) is 365 cm³/mol. The van der Waals surface area contributed by atoms with Gasteiger partial charge in [-0.2, -0.15) is 0 Å². The van der Waals surface area contributed by atoms with Gasteiger partial charge in [0.2, 0.25) is 0 Å². The molecule has 0 aliphatic carbocycles. The second kappa shape index (κ2) is 40.6. The van der Waals surface area contributed by atoms with Gasteiger partial charge in [-0.15, -0.1) is 0 Å². The van der Waals surface area contributed by atoms with Crippen LogP contribution in [0.5, 0.6) is 34.5 Å². The van der Waals surface area contributed by atoms with Crippen molar-refractivity contribution in [1.29, 1.82) is 0 Å². The van der Waals surface area contributed by atoms with Gasteiger partial charge in [0, 0.05) is 0 Å². The summed E-state index contributed by atoms with van der Waals surface area (Å²) in [6.07, 6.45) is 40.3. The highest BCUT2D eigenvalue weighted by molar-refractivity contribution is 5.74. The summed E-state index contributed by atoms with van der Waals surface area (Å²) in [6.45, 7) is 17.4. The van der Waals surface area contributed by atoms with Crippen LogP contribution in [0.4, 0.5) is 0 Å². The lowest BCUT2D eigenvalue weighted by atomic mass is 9.79. The summed E-state index contributed by atoms with van der Waals surface area (Å²) >= 11 is 0. The van der Waals surface area contributed by atoms with Crippen LogP contribution in [-0.2, 0) is 5.60 Å². The van der Waals surface area contributed by atoms with Crippen LogP contribution >= 0.6 is 0 Å². The molecule has 0 fully saturated rings. The number of hydrogen-bond donors (Lipinski definition) is 1. The minimum absolute atomic E-state index is 0.669. The zero-order chi connectivity index (χ0) is 60.7. The summed E-state index contributed by atoms with van der Waals surface area (Å²) in [5, 5.41) is 13.3. The van der Waals surface area contributed by atoms with E-state index in [2.05, 4.69) is 151 Å². The van der Waals surface area contributed by atoms with E-state index < -0.39 is 5.60 Å². The highest BCUT2D eigenvalue weighted by Crippen LogP contribution is 2.39. The molecule has 0 aliphatic rings. The van der Waals surface area contributed by atoms with Gasteiger partial charge in [0.1, 0.15) is 5.60 Å². The molecule has 0 radical (unpaired) electrons. The van der Waals surface area contributed by atoms with Crippen LogP contribution in [0.15, 0.2) is 127 Å². The molecule has 0 saturated carbocycles. The standard InChI is InChI=1S/C79H106O7/c1-7-13-19-25-55-81-73-52-43-67(61-76(73)84-58-28-22-16-10-4)34-31-64-37-46-70(47-38-64)79(80,71-48-39-65(40-49-71)32-35-68-44-53-74(82-56-26-20-14-8-2)77(62-68)85-59-29-23-17-11-5)72-50-41-66(42-51-72)33-36-69-45-54-75(83-57-27-21-15-9-3)78(63-69)86-60-30-24-18-12-6/h31-54,61-63,80H,7-30,55-60H2,1-6H3/b34-31+,35-32+,36-33+. The summed E-state index contributed by atoms with van der Waals surface area (Å²) in [6, 6.07) is 43.5. The van der Waals surface area contributed by atoms with Crippen molar-refractivity contribution in [3.8, 4) is 34.5 Å². The van der Waals surface area contributed by atoms with Gasteiger partial charge < -0.3 is 33.5 Å². The lowest BCUT2D eigenvalue weighted by molar-refractivity contribution is 0.125. The van der Waals surface area contributed by atoms with Crippen molar-refractivity contribution in [3.05, 3.63) is 177 Å². The van der Waals surface area contributed by atoms with Crippen LogP contribution in [-0.4, -0.2) is 44.7 Å². The normalized spacial score (nSPS) is 11.8. The number of unbranched alkanes of at least 4 members (excludes halogenated alkanes) is 18. The molecule has 464 valence electrons. The van der Waals surface area contributed by atoms with E-state index >= 15 is 0 Å². The number of ether oxygens (including phenoxy) is 6. The predicted octanol–water partition coefficient (Wildman–Crippen LogP) is 22.2. The maximum absolute atomic E-state index is 13.3. The first-order chi connectivity index (χ1) is 42.3. The Morgan fingerprint density at radius 2 is 0.442 bits per heavy atom. The topological polar surface area (TPSA) is 75.6 Å². The Kier molecular flexibility index (Phi) is 32.3. The van der Waals surface area contributed by atoms with Crippen molar-refractivity contribution < 1.29 is 33.5 Å². The summed E-state index contributed by atoms with van der Waals surface area (Å²) < 4.78 is 37.9. The molecular weight excluding hydrogens is 1060 g/mol. The van der Waals surface area contributed by atoms with Gasteiger partial charge >= 0.3 is 0 Å². The first-order valence-electron chi connectivity index (χ1n) is 33.6. The van der Waals surface area contributed by atoms with Gasteiger partial charge in [-0.3, -0.25) is 0 Å². The van der Waals surface area contributed by atoms with E-state index in [-0.39, 0.29) is 0 Å². The molecule has 6 rings (SSSR count). The van der Waals surface area contributed by atoms with Crippen LogP contribution < -0.4 is 28.4 Å². The molecule has 6 aromatic carbocycles. The van der Waals surface area contributed by atoms with Crippen LogP contribution in [0.1, 0.15) is 246 Å². The molecule has 0 spiro atoms. The first kappa shape index (κ1) is 68.4. The van der Waals surface area contributed by atoms with E-state index in [0.717, 1.165) is 142 Å². The van der Waals surface area contributed by atoms with Crippen LogP contribution in [0.25, 0.3) is 36.5 Å². The fraction of sp³-hybridized carbons (Fsp3) is 0.468. The van der Waals surface area contributed by atoms with Crippen LogP contribution in [0, 0.1) is 0 Å². The largest absolute Gasteiger partial charge is 0.490 e. The second-order valence-corrected chi connectivity index (χ2v) is 23.1. The molecule has 0 bridgehead atoms. The average Bonchev–Trinajstić information content (AvgIpc) is 1.10. The molecule has 7 heteroatoms. The van der Waals surface area contributed by atoms with E-state index in [9.17, 15) is 5.11 Å². The number of benzene rings is 6. The van der Waals surface area contributed by atoms with Gasteiger partial charge in [-0.05, 0) is 125 Å². The first-order valence-corrected chi connectivity index (χ1v) is 33.6. The fourth-order valence-corrected chi connectivity index (χ4v) is 10.4. The Morgan fingerprint density at radius 1 is 0.244 bits per heavy atom. The molecule has 0 unspecified atom stereocenters. The summed E-state index contributed by atoms with van der Waals surface area (Å²) in [4.78, 5) is 0. The third kappa shape index (κ3) is 23.9. The Balaban J connectivity index is 1.26. The minimum atomic E-state index is -1.46. The van der Waals surface area contributed by atoms with Gasteiger partial charge in [-0.25, -0.2) is 0 Å². The molecule has 0 aliphatic heterocycles. The van der Waals surface area contributed by atoms with Crippen LogP contribution in [0.3, 0.4) is 0 Å². The lowest BCUT2D eigenvalue weighted by Gasteiger charge is -2.30. The maximum Gasteiger partial charge on any atom is 0.161 e. The average molecular weight is 1170 g/mol. The molecular formula is C79H106O7. The van der Waals surface area contributed by atoms with Gasteiger partial charge in [0.25, 0.3) is 0 Å².